The number of aromatic amines is 1. The lowest BCUT2D eigenvalue weighted by Crippen LogP contribution is -2.27. The van der Waals surface area contributed by atoms with Crippen molar-refractivity contribution in [2.75, 3.05) is 20.7 Å². The van der Waals surface area contributed by atoms with E-state index in [0.717, 1.165) is 18.3 Å². The highest BCUT2D eigenvalue weighted by molar-refractivity contribution is 5.63. The van der Waals surface area contributed by atoms with Crippen LogP contribution in [0, 0.1) is 0 Å². The number of hydrogen-bond acceptors (Lipinski definition) is 6. The van der Waals surface area contributed by atoms with Gasteiger partial charge in [-0.2, -0.15) is 0 Å². The van der Waals surface area contributed by atoms with Gasteiger partial charge >= 0.3 is 0 Å². The molecule has 0 saturated carbocycles. The predicted octanol–water partition coefficient (Wildman–Crippen LogP) is 2.84. The van der Waals surface area contributed by atoms with E-state index < -0.39 is 0 Å². The fourth-order valence-corrected chi connectivity index (χ4v) is 2.05. The summed E-state index contributed by atoms with van der Waals surface area (Å²) in [6, 6.07) is 7.34. The number of rotatable bonds is 7. The third-order valence-corrected chi connectivity index (χ3v) is 3.74. The molecule has 1 heterocycles. The molecule has 0 aliphatic rings. The lowest BCUT2D eigenvalue weighted by atomic mass is 10.2. The number of ether oxygens (including phenoxy) is 1. The molecule has 0 aliphatic heterocycles. The van der Waals surface area contributed by atoms with Crippen LogP contribution in [0.4, 0.5) is 0 Å². The van der Waals surface area contributed by atoms with Crippen molar-refractivity contribution in [2.45, 2.75) is 39.7 Å². The zero-order valence-electron chi connectivity index (χ0n) is 16.2. The summed E-state index contributed by atoms with van der Waals surface area (Å²) in [5.41, 5.74) is 0.901. The van der Waals surface area contributed by atoms with E-state index in [1.165, 1.54) is 0 Å². The number of nitrogens with one attached hydrogen (secondary N) is 1. The van der Waals surface area contributed by atoms with E-state index in [1.54, 1.807) is 0 Å². The molecular formula is C19H28N4O3. The summed E-state index contributed by atoms with van der Waals surface area (Å²) < 4.78 is 5.55. The molecule has 2 rings (SSSR count). The molecule has 2 aromatic rings. The number of benzene rings is 1. The van der Waals surface area contributed by atoms with Gasteiger partial charge in [-0.15, -0.1) is 10.2 Å². The Hall–Kier alpha value is -2.54. The van der Waals surface area contributed by atoms with Gasteiger partial charge in [0.25, 0.3) is 5.56 Å². The molecule has 1 aromatic heterocycles. The monoisotopic (exact) mass is 360 g/mol. The third-order valence-electron chi connectivity index (χ3n) is 3.74. The van der Waals surface area contributed by atoms with Gasteiger partial charge in [0, 0.05) is 6.42 Å². The van der Waals surface area contributed by atoms with Crippen LogP contribution in [0.5, 0.6) is 5.75 Å². The molecule has 1 unspecified atom stereocenters. The number of H-pyrrole nitrogens is 1. The molecule has 1 atom stereocenters. The van der Waals surface area contributed by atoms with Crippen LogP contribution in [0.1, 0.15) is 45.3 Å². The standard InChI is InChI=1S/C15H20N4O2.C4H8O/c1-5-21-12-9-7-6-8-11(12)14-16-15(20)13(17-18-14)10(2)19(3)4;1-2-3-4-5/h6-10H,5H2,1-4H3,(H,16,18,20);4H,2-3H2,1H3. The molecule has 0 saturated heterocycles. The molecule has 142 valence electrons. The van der Waals surface area contributed by atoms with Crippen molar-refractivity contribution in [1.29, 1.82) is 0 Å². The average molecular weight is 360 g/mol. The number of aromatic nitrogens is 3. The van der Waals surface area contributed by atoms with Crippen molar-refractivity contribution in [3.05, 3.63) is 40.3 Å². The second-order valence-corrected chi connectivity index (χ2v) is 5.91. The SMILES string of the molecule is CCCC=O.CCOc1ccccc1-c1nnc(C(C)N(C)C)c(=O)[nH]1. The van der Waals surface area contributed by atoms with Crippen molar-refractivity contribution in [3.8, 4) is 17.1 Å². The molecule has 0 fully saturated rings. The summed E-state index contributed by atoms with van der Waals surface area (Å²) >= 11 is 0. The smallest absolute Gasteiger partial charge is 0.274 e. The molecule has 7 heteroatoms. The molecule has 0 amide bonds. The normalized spacial score (nSPS) is 11.5. The second-order valence-electron chi connectivity index (χ2n) is 5.91. The predicted molar refractivity (Wildman–Crippen MR) is 102 cm³/mol. The molecule has 0 bridgehead atoms. The van der Waals surface area contributed by atoms with Crippen LogP contribution < -0.4 is 10.3 Å². The van der Waals surface area contributed by atoms with E-state index >= 15 is 0 Å². The average Bonchev–Trinajstić information content (AvgIpc) is 2.63. The highest BCUT2D eigenvalue weighted by Gasteiger charge is 2.16. The number of aldehydes is 1. The number of para-hydroxylation sites is 1. The van der Waals surface area contributed by atoms with Gasteiger partial charge in [0.05, 0.1) is 18.2 Å². The van der Waals surface area contributed by atoms with Gasteiger partial charge in [-0.25, -0.2) is 0 Å². The van der Waals surface area contributed by atoms with Crippen LogP contribution in [0.2, 0.25) is 0 Å². The Morgan fingerprint density at radius 2 is 1.92 bits per heavy atom. The molecule has 0 spiro atoms. The first-order valence-electron chi connectivity index (χ1n) is 8.75. The molecule has 26 heavy (non-hydrogen) atoms. The summed E-state index contributed by atoms with van der Waals surface area (Å²) in [5, 5.41) is 8.23. The van der Waals surface area contributed by atoms with Crippen LogP contribution >= 0.6 is 0 Å². The van der Waals surface area contributed by atoms with Crippen molar-refractivity contribution >= 4 is 6.29 Å². The number of nitrogens with zero attached hydrogens (tertiary/aromatic N) is 3. The van der Waals surface area contributed by atoms with E-state index in [-0.39, 0.29) is 11.6 Å². The highest BCUT2D eigenvalue weighted by Crippen LogP contribution is 2.26. The molecule has 7 nitrogen and oxygen atoms in total. The first-order chi connectivity index (χ1) is 12.5. The Labute approximate surface area is 154 Å². The maximum atomic E-state index is 12.2. The summed E-state index contributed by atoms with van der Waals surface area (Å²) in [6.07, 6.45) is 2.61. The fraction of sp³-hybridized carbons (Fsp3) is 0.474. The Kier molecular flexibility index (Phi) is 9.22. The van der Waals surface area contributed by atoms with E-state index in [0.29, 0.717) is 30.3 Å². The minimum atomic E-state index is -0.229. The van der Waals surface area contributed by atoms with Gasteiger partial charge in [-0.05, 0) is 46.5 Å². The molecular weight excluding hydrogens is 332 g/mol. The highest BCUT2D eigenvalue weighted by atomic mass is 16.5. The summed E-state index contributed by atoms with van der Waals surface area (Å²) in [4.78, 5) is 26.3. The van der Waals surface area contributed by atoms with Gasteiger partial charge in [0.1, 0.15) is 17.7 Å². The topological polar surface area (TPSA) is 88.2 Å². The third kappa shape index (κ3) is 6.07. The van der Waals surface area contributed by atoms with Crippen molar-refractivity contribution in [2.24, 2.45) is 0 Å². The lowest BCUT2D eigenvalue weighted by Gasteiger charge is -2.17. The largest absolute Gasteiger partial charge is 0.493 e. The van der Waals surface area contributed by atoms with Crippen LogP contribution in [0.3, 0.4) is 0 Å². The first kappa shape index (κ1) is 21.5. The van der Waals surface area contributed by atoms with Gasteiger partial charge in [-0.3, -0.25) is 4.79 Å². The molecule has 0 aliphatic carbocycles. The second kappa shape index (κ2) is 11.1. The van der Waals surface area contributed by atoms with Gasteiger partial charge in [0.2, 0.25) is 0 Å². The number of unbranched alkanes of at least 4 members (excludes halogenated alkanes) is 1. The maximum Gasteiger partial charge on any atom is 0.274 e. The minimum absolute atomic E-state index is 0.0996. The van der Waals surface area contributed by atoms with E-state index in [9.17, 15) is 9.59 Å². The van der Waals surface area contributed by atoms with Crippen LogP contribution in [-0.4, -0.2) is 47.1 Å². The van der Waals surface area contributed by atoms with E-state index in [4.69, 9.17) is 4.74 Å². The van der Waals surface area contributed by atoms with Crippen molar-refractivity contribution < 1.29 is 9.53 Å². The van der Waals surface area contributed by atoms with E-state index in [2.05, 4.69) is 15.2 Å². The van der Waals surface area contributed by atoms with Crippen LogP contribution in [0.15, 0.2) is 29.1 Å². The lowest BCUT2D eigenvalue weighted by molar-refractivity contribution is -0.107. The zero-order chi connectivity index (χ0) is 19.5. The van der Waals surface area contributed by atoms with Crippen LogP contribution in [0.25, 0.3) is 11.4 Å². The van der Waals surface area contributed by atoms with Gasteiger partial charge in [0.15, 0.2) is 5.82 Å². The number of hydrogen-bond donors (Lipinski definition) is 1. The molecule has 0 radical (unpaired) electrons. The fourth-order valence-electron chi connectivity index (χ4n) is 2.05. The molecule has 1 aromatic carbocycles. The minimum Gasteiger partial charge on any atom is -0.493 e. The van der Waals surface area contributed by atoms with Crippen LogP contribution in [-0.2, 0) is 4.79 Å². The number of carbonyl (C=O) groups excluding carboxylic acids is 1. The maximum absolute atomic E-state index is 12.2. The van der Waals surface area contributed by atoms with Crippen molar-refractivity contribution in [3.63, 3.8) is 0 Å². The Bertz CT molecular complexity index is 744. The Morgan fingerprint density at radius 3 is 2.42 bits per heavy atom. The van der Waals surface area contributed by atoms with Crippen molar-refractivity contribution in [1.82, 2.24) is 20.1 Å². The van der Waals surface area contributed by atoms with Gasteiger partial charge in [-0.1, -0.05) is 19.1 Å². The Balaban J connectivity index is 0.000000597. The zero-order valence-corrected chi connectivity index (χ0v) is 16.2. The quantitative estimate of drug-likeness (QED) is 0.764. The summed E-state index contributed by atoms with van der Waals surface area (Å²) in [5.74, 6) is 1.09. The number of carbonyl (C=O) groups is 1. The van der Waals surface area contributed by atoms with E-state index in [1.807, 2.05) is 64.0 Å². The Morgan fingerprint density at radius 1 is 1.23 bits per heavy atom. The first-order valence-corrected chi connectivity index (χ1v) is 8.75. The summed E-state index contributed by atoms with van der Waals surface area (Å²) in [7, 11) is 3.79. The molecule has 1 N–H and O–H groups in total. The van der Waals surface area contributed by atoms with Gasteiger partial charge < -0.3 is 19.4 Å². The summed E-state index contributed by atoms with van der Waals surface area (Å²) in [6.45, 7) is 6.35.